The molecule has 2 aromatic carbocycles. The Labute approximate surface area is 159 Å². The van der Waals surface area contributed by atoms with E-state index in [1.165, 1.54) is 5.56 Å². The van der Waals surface area contributed by atoms with Crippen LogP contribution in [0.5, 0.6) is 0 Å². The second kappa shape index (κ2) is 7.82. The van der Waals surface area contributed by atoms with Crippen molar-refractivity contribution in [2.45, 2.75) is 32.1 Å². The zero-order valence-electron chi connectivity index (χ0n) is 15.4. The first kappa shape index (κ1) is 17.6. The van der Waals surface area contributed by atoms with Crippen molar-refractivity contribution in [2.24, 2.45) is 5.92 Å². The van der Waals surface area contributed by atoms with Crippen LogP contribution in [0.1, 0.15) is 30.4 Å². The summed E-state index contributed by atoms with van der Waals surface area (Å²) in [5.41, 5.74) is 4.12. The highest BCUT2D eigenvalue weighted by Gasteiger charge is 2.35. The van der Waals surface area contributed by atoms with Crippen LogP contribution in [-0.4, -0.2) is 25.0 Å². The molecule has 0 bridgehead atoms. The van der Waals surface area contributed by atoms with Crippen molar-refractivity contribution < 1.29 is 9.59 Å². The molecule has 1 aliphatic heterocycles. The van der Waals surface area contributed by atoms with Gasteiger partial charge in [-0.3, -0.25) is 4.79 Å². The first-order valence-corrected chi connectivity index (χ1v) is 9.74. The van der Waals surface area contributed by atoms with Gasteiger partial charge in [-0.05, 0) is 61.4 Å². The number of aryl methyl sites for hydroxylation is 1. The van der Waals surface area contributed by atoms with Gasteiger partial charge >= 0.3 is 6.03 Å². The monoisotopic (exact) mass is 363 g/mol. The molecule has 0 atom stereocenters. The Kier molecular flexibility index (Phi) is 5.10. The summed E-state index contributed by atoms with van der Waals surface area (Å²) in [6.45, 7) is 1.39. The van der Waals surface area contributed by atoms with Gasteiger partial charge < -0.3 is 15.5 Å². The summed E-state index contributed by atoms with van der Waals surface area (Å²) in [4.78, 5) is 26.6. The molecule has 0 radical (unpaired) electrons. The standard InChI is InChI=1S/C22H25N3O2/c26-21(17-8-9-17)25-14-4-7-18-15-19(10-11-20(18)25)24-22(27)23-13-12-16-5-2-1-3-6-16/h1-3,5-6,10-11,15,17H,4,7-9,12-14H2,(H2,23,24,27). The molecular weight excluding hydrogens is 338 g/mol. The van der Waals surface area contributed by atoms with Gasteiger partial charge in [0, 0.05) is 30.4 Å². The third-order valence-electron chi connectivity index (χ3n) is 5.19. The lowest BCUT2D eigenvalue weighted by molar-refractivity contribution is -0.119. The lowest BCUT2D eigenvalue weighted by atomic mass is 10.0. The number of benzene rings is 2. The van der Waals surface area contributed by atoms with Crippen LogP contribution in [0.3, 0.4) is 0 Å². The van der Waals surface area contributed by atoms with E-state index < -0.39 is 0 Å². The number of anilines is 2. The molecule has 27 heavy (non-hydrogen) atoms. The fourth-order valence-corrected chi connectivity index (χ4v) is 3.59. The fourth-order valence-electron chi connectivity index (χ4n) is 3.59. The molecule has 2 aromatic rings. The SMILES string of the molecule is O=C(NCCc1ccccc1)Nc1ccc2c(c1)CCCN2C(=O)C1CC1. The number of urea groups is 1. The summed E-state index contributed by atoms with van der Waals surface area (Å²) in [5, 5.41) is 5.80. The molecule has 5 heteroatoms. The van der Waals surface area contributed by atoms with E-state index in [4.69, 9.17) is 0 Å². The topological polar surface area (TPSA) is 61.4 Å². The molecule has 0 saturated heterocycles. The van der Waals surface area contributed by atoms with Crippen molar-refractivity contribution in [1.29, 1.82) is 0 Å². The summed E-state index contributed by atoms with van der Waals surface area (Å²) in [7, 11) is 0. The van der Waals surface area contributed by atoms with Crippen molar-refractivity contribution in [3.05, 3.63) is 59.7 Å². The number of hydrogen-bond donors (Lipinski definition) is 2. The zero-order chi connectivity index (χ0) is 18.6. The van der Waals surface area contributed by atoms with E-state index in [0.717, 1.165) is 55.6 Å². The molecule has 3 amide bonds. The molecule has 1 heterocycles. The predicted molar refractivity (Wildman–Crippen MR) is 107 cm³/mol. The third kappa shape index (κ3) is 4.30. The highest BCUT2D eigenvalue weighted by atomic mass is 16.2. The van der Waals surface area contributed by atoms with Crippen LogP contribution < -0.4 is 15.5 Å². The van der Waals surface area contributed by atoms with E-state index in [-0.39, 0.29) is 17.9 Å². The van der Waals surface area contributed by atoms with Gasteiger partial charge in [0.25, 0.3) is 0 Å². The number of hydrogen-bond acceptors (Lipinski definition) is 2. The maximum absolute atomic E-state index is 12.5. The Hall–Kier alpha value is -2.82. The number of carbonyl (C=O) groups is 2. The largest absolute Gasteiger partial charge is 0.338 e. The lowest BCUT2D eigenvalue weighted by Crippen LogP contribution is -2.36. The third-order valence-corrected chi connectivity index (χ3v) is 5.19. The fraction of sp³-hybridized carbons (Fsp3) is 0.364. The van der Waals surface area contributed by atoms with Gasteiger partial charge in [-0.1, -0.05) is 30.3 Å². The first-order chi connectivity index (χ1) is 13.2. The van der Waals surface area contributed by atoms with Gasteiger partial charge in [0.15, 0.2) is 0 Å². The molecule has 140 valence electrons. The van der Waals surface area contributed by atoms with Crippen LogP contribution >= 0.6 is 0 Å². The van der Waals surface area contributed by atoms with Gasteiger partial charge in [-0.15, -0.1) is 0 Å². The Morgan fingerprint density at radius 3 is 2.67 bits per heavy atom. The number of carbonyl (C=O) groups excluding carboxylic acids is 2. The highest BCUT2D eigenvalue weighted by Crippen LogP contribution is 2.36. The Balaban J connectivity index is 1.34. The van der Waals surface area contributed by atoms with Crippen LogP contribution in [0.25, 0.3) is 0 Å². The smallest absolute Gasteiger partial charge is 0.319 e. The van der Waals surface area contributed by atoms with Crippen molar-refractivity contribution in [3.8, 4) is 0 Å². The number of fused-ring (bicyclic) bond motifs is 1. The average Bonchev–Trinajstić information content (AvgIpc) is 3.53. The van der Waals surface area contributed by atoms with Crippen molar-refractivity contribution in [2.75, 3.05) is 23.3 Å². The molecule has 1 saturated carbocycles. The van der Waals surface area contributed by atoms with Crippen LogP contribution in [0.2, 0.25) is 0 Å². The number of amides is 3. The maximum atomic E-state index is 12.5. The van der Waals surface area contributed by atoms with Crippen molar-refractivity contribution in [3.63, 3.8) is 0 Å². The van der Waals surface area contributed by atoms with Gasteiger partial charge in [-0.25, -0.2) is 4.79 Å². The first-order valence-electron chi connectivity index (χ1n) is 9.74. The second-order valence-electron chi connectivity index (χ2n) is 7.33. The Morgan fingerprint density at radius 2 is 1.89 bits per heavy atom. The van der Waals surface area contributed by atoms with E-state index in [1.54, 1.807) is 0 Å². The molecule has 1 fully saturated rings. The van der Waals surface area contributed by atoms with Crippen LogP contribution in [-0.2, 0) is 17.6 Å². The molecule has 0 aromatic heterocycles. The van der Waals surface area contributed by atoms with E-state index in [2.05, 4.69) is 22.8 Å². The minimum atomic E-state index is -0.201. The summed E-state index contributed by atoms with van der Waals surface area (Å²) in [5.74, 6) is 0.486. The van der Waals surface area contributed by atoms with Crippen LogP contribution in [0, 0.1) is 5.92 Å². The van der Waals surface area contributed by atoms with E-state index in [1.807, 2.05) is 41.3 Å². The van der Waals surface area contributed by atoms with E-state index in [9.17, 15) is 9.59 Å². The molecule has 0 spiro atoms. The normalized spacial score (nSPS) is 15.8. The van der Waals surface area contributed by atoms with Crippen molar-refractivity contribution in [1.82, 2.24) is 5.32 Å². The minimum absolute atomic E-state index is 0.201. The lowest BCUT2D eigenvalue weighted by Gasteiger charge is -2.30. The van der Waals surface area contributed by atoms with E-state index >= 15 is 0 Å². The Morgan fingerprint density at radius 1 is 1.07 bits per heavy atom. The zero-order valence-corrected chi connectivity index (χ0v) is 15.4. The van der Waals surface area contributed by atoms with Crippen molar-refractivity contribution >= 4 is 23.3 Å². The second-order valence-corrected chi connectivity index (χ2v) is 7.33. The maximum Gasteiger partial charge on any atom is 0.319 e. The molecule has 4 rings (SSSR count). The van der Waals surface area contributed by atoms with Crippen LogP contribution in [0.4, 0.5) is 16.2 Å². The summed E-state index contributed by atoms with van der Waals surface area (Å²) < 4.78 is 0. The highest BCUT2D eigenvalue weighted by molar-refractivity contribution is 5.98. The van der Waals surface area contributed by atoms with Gasteiger partial charge in [0.2, 0.25) is 5.91 Å². The number of rotatable bonds is 5. The molecular formula is C22H25N3O2. The molecule has 5 nitrogen and oxygen atoms in total. The minimum Gasteiger partial charge on any atom is -0.338 e. The Bertz CT molecular complexity index is 831. The average molecular weight is 363 g/mol. The summed E-state index contributed by atoms with van der Waals surface area (Å²) >= 11 is 0. The summed E-state index contributed by atoms with van der Waals surface area (Å²) in [6.07, 6.45) is 4.75. The van der Waals surface area contributed by atoms with Gasteiger partial charge in [-0.2, -0.15) is 0 Å². The predicted octanol–water partition coefficient (Wildman–Crippen LogP) is 3.74. The molecule has 2 N–H and O–H groups in total. The number of nitrogens with zero attached hydrogens (tertiary/aromatic N) is 1. The summed E-state index contributed by atoms with van der Waals surface area (Å²) in [6, 6.07) is 15.7. The molecule has 2 aliphatic rings. The molecule has 1 aliphatic carbocycles. The van der Waals surface area contributed by atoms with E-state index in [0.29, 0.717) is 6.54 Å². The molecule has 0 unspecified atom stereocenters. The quantitative estimate of drug-likeness (QED) is 0.850. The van der Waals surface area contributed by atoms with Gasteiger partial charge in [0.05, 0.1) is 0 Å². The van der Waals surface area contributed by atoms with Gasteiger partial charge in [0.1, 0.15) is 0 Å². The number of nitrogens with one attached hydrogen (secondary N) is 2. The van der Waals surface area contributed by atoms with Crippen LogP contribution in [0.15, 0.2) is 48.5 Å².